The van der Waals surface area contributed by atoms with Crippen molar-refractivity contribution in [1.29, 1.82) is 0 Å². The number of carboxylic acids is 1. The highest BCUT2D eigenvalue weighted by Gasteiger charge is 2.18. The molecule has 0 saturated heterocycles. The summed E-state index contributed by atoms with van der Waals surface area (Å²) in [5.74, 6) is -1.66. The fourth-order valence-electron chi connectivity index (χ4n) is 2.16. The number of halogens is 1. The van der Waals surface area contributed by atoms with Gasteiger partial charge in [0.05, 0.1) is 5.52 Å². The molecule has 94 valence electrons. The number of fused-ring (bicyclic) bond motifs is 1. The van der Waals surface area contributed by atoms with Crippen molar-refractivity contribution in [2.75, 3.05) is 0 Å². The number of carbonyl (C=O) groups is 1. The van der Waals surface area contributed by atoms with Gasteiger partial charge in [-0.3, -0.25) is 4.79 Å². The zero-order valence-electron chi connectivity index (χ0n) is 10.0. The molecule has 2 rings (SSSR count). The normalized spacial score (nSPS) is 10.8. The lowest BCUT2D eigenvalue weighted by atomic mass is 10.1. The summed E-state index contributed by atoms with van der Waals surface area (Å²) in [7, 11) is 0. The van der Waals surface area contributed by atoms with Crippen LogP contribution in [0.4, 0.5) is 4.39 Å². The summed E-state index contributed by atoms with van der Waals surface area (Å²) in [5.41, 5.74) is 0.0857. The van der Waals surface area contributed by atoms with E-state index in [0.29, 0.717) is 12.1 Å². The maximum Gasteiger partial charge on any atom is 0.352 e. The second-order valence-electron chi connectivity index (χ2n) is 4.01. The summed E-state index contributed by atoms with van der Waals surface area (Å²) >= 11 is 0. The fourth-order valence-corrected chi connectivity index (χ4v) is 2.16. The first-order valence-electron chi connectivity index (χ1n) is 5.53. The Hall–Kier alpha value is -2.17. The van der Waals surface area contributed by atoms with E-state index in [1.165, 1.54) is 23.6 Å². The molecule has 0 radical (unpaired) electrons. The smallest absolute Gasteiger partial charge is 0.352 e. The zero-order chi connectivity index (χ0) is 13.4. The van der Waals surface area contributed by atoms with Gasteiger partial charge in [0.15, 0.2) is 5.43 Å². The molecule has 0 bridgehead atoms. The Morgan fingerprint density at radius 2 is 2.11 bits per heavy atom. The lowest BCUT2D eigenvalue weighted by Crippen LogP contribution is -2.21. The van der Waals surface area contributed by atoms with Crippen LogP contribution in [0, 0.1) is 12.7 Å². The second kappa shape index (κ2) is 4.25. The molecule has 0 aliphatic rings. The molecule has 1 aromatic heterocycles. The molecule has 2 aromatic rings. The van der Waals surface area contributed by atoms with Crippen molar-refractivity contribution in [3.8, 4) is 0 Å². The summed E-state index contributed by atoms with van der Waals surface area (Å²) < 4.78 is 14.7. The van der Waals surface area contributed by atoms with Gasteiger partial charge in [0, 0.05) is 17.5 Å². The Labute approximate surface area is 102 Å². The summed E-state index contributed by atoms with van der Waals surface area (Å²) in [6.45, 7) is 3.62. The third kappa shape index (κ3) is 1.68. The highest BCUT2D eigenvalue weighted by Crippen LogP contribution is 2.17. The number of benzene rings is 1. The van der Waals surface area contributed by atoms with Crippen LogP contribution in [-0.2, 0) is 6.54 Å². The SMILES string of the molecule is CCn1c(C(=O)O)c(C)c(=O)c2cc(F)ccc21. The Morgan fingerprint density at radius 1 is 1.44 bits per heavy atom. The minimum Gasteiger partial charge on any atom is -0.477 e. The van der Waals surface area contributed by atoms with E-state index in [2.05, 4.69) is 0 Å². The summed E-state index contributed by atoms with van der Waals surface area (Å²) in [6.07, 6.45) is 0. The van der Waals surface area contributed by atoms with Gasteiger partial charge in [-0.05, 0) is 32.0 Å². The number of hydrogen-bond acceptors (Lipinski definition) is 2. The van der Waals surface area contributed by atoms with E-state index in [1.807, 2.05) is 0 Å². The molecule has 0 fully saturated rings. The molecule has 0 aliphatic carbocycles. The minimum atomic E-state index is -1.15. The molecule has 1 aromatic carbocycles. The third-order valence-electron chi connectivity index (χ3n) is 2.98. The highest BCUT2D eigenvalue weighted by atomic mass is 19.1. The third-order valence-corrected chi connectivity index (χ3v) is 2.98. The molecule has 1 heterocycles. The van der Waals surface area contributed by atoms with Crippen LogP contribution in [0.1, 0.15) is 23.0 Å². The molecular weight excluding hydrogens is 237 g/mol. The first-order chi connectivity index (χ1) is 8.47. The average Bonchev–Trinajstić information content (AvgIpc) is 2.33. The Balaban J connectivity index is 3.06. The van der Waals surface area contributed by atoms with Gasteiger partial charge in [-0.25, -0.2) is 9.18 Å². The number of rotatable bonds is 2. The number of hydrogen-bond donors (Lipinski definition) is 1. The summed E-state index contributed by atoms with van der Waals surface area (Å²) in [4.78, 5) is 23.3. The van der Waals surface area contributed by atoms with E-state index in [1.54, 1.807) is 6.92 Å². The summed E-state index contributed by atoms with van der Waals surface area (Å²) in [6, 6.07) is 3.79. The van der Waals surface area contributed by atoms with Crippen LogP contribution < -0.4 is 5.43 Å². The highest BCUT2D eigenvalue weighted by molar-refractivity contribution is 5.92. The maximum atomic E-state index is 13.2. The number of nitrogens with zero attached hydrogens (tertiary/aromatic N) is 1. The van der Waals surface area contributed by atoms with Crippen molar-refractivity contribution in [2.45, 2.75) is 20.4 Å². The Kier molecular flexibility index (Phi) is 2.90. The van der Waals surface area contributed by atoms with E-state index < -0.39 is 17.2 Å². The van der Waals surface area contributed by atoms with E-state index in [-0.39, 0.29) is 16.6 Å². The number of carboxylic acid groups (broad SMARTS) is 1. The van der Waals surface area contributed by atoms with Crippen LogP contribution in [0.3, 0.4) is 0 Å². The van der Waals surface area contributed by atoms with Crippen LogP contribution in [0.5, 0.6) is 0 Å². The topological polar surface area (TPSA) is 59.3 Å². The van der Waals surface area contributed by atoms with Crippen LogP contribution in [0.2, 0.25) is 0 Å². The quantitative estimate of drug-likeness (QED) is 0.887. The van der Waals surface area contributed by atoms with Crippen LogP contribution >= 0.6 is 0 Å². The molecule has 0 saturated carbocycles. The van der Waals surface area contributed by atoms with Crippen molar-refractivity contribution >= 4 is 16.9 Å². The van der Waals surface area contributed by atoms with Gasteiger partial charge in [0.1, 0.15) is 11.5 Å². The van der Waals surface area contributed by atoms with Crippen LogP contribution in [0.25, 0.3) is 10.9 Å². The monoisotopic (exact) mass is 249 g/mol. The van der Waals surface area contributed by atoms with Gasteiger partial charge in [-0.15, -0.1) is 0 Å². The van der Waals surface area contributed by atoms with Crippen molar-refractivity contribution in [1.82, 2.24) is 4.57 Å². The lowest BCUT2D eigenvalue weighted by Gasteiger charge is -2.14. The molecule has 0 unspecified atom stereocenters. The molecule has 5 heteroatoms. The average molecular weight is 249 g/mol. The van der Waals surface area contributed by atoms with Crippen LogP contribution in [-0.4, -0.2) is 15.6 Å². The van der Waals surface area contributed by atoms with Crippen LogP contribution in [0.15, 0.2) is 23.0 Å². The minimum absolute atomic E-state index is 0.0402. The van der Waals surface area contributed by atoms with Crippen molar-refractivity contribution < 1.29 is 14.3 Å². The fraction of sp³-hybridized carbons (Fsp3) is 0.231. The lowest BCUT2D eigenvalue weighted by molar-refractivity contribution is 0.0684. The van der Waals surface area contributed by atoms with Gasteiger partial charge < -0.3 is 9.67 Å². The summed E-state index contributed by atoms with van der Waals surface area (Å²) in [5, 5.41) is 9.39. The van der Waals surface area contributed by atoms with Gasteiger partial charge in [-0.1, -0.05) is 0 Å². The van der Waals surface area contributed by atoms with Crippen molar-refractivity contribution in [2.24, 2.45) is 0 Å². The Morgan fingerprint density at radius 3 is 2.67 bits per heavy atom. The van der Waals surface area contributed by atoms with E-state index in [9.17, 15) is 19.1 Å². The van der Waals surface area contributed by atoms with Gasteiger partial charge in [0.25, 0.3) is 0 Å². The molecule has 0 spiro atoms. The molecular formula is C13H12FNO3. The van der Waals surface area contributed by atoms with E-state index in [0.717, 1.165) is 6.07 Å². The predicted octanol–water partition coefficient (Wildman–Crippen LogP) is 2.17. The predicted molar refractivity (Wildman–Crippen MR) is 65.5 cm³/mol. The molecule has 1 N–H and O–H groups in total. The standard InChI is InChI=1S/C13H12FNO3/c1-3-15-10-5-4-8(14)6-9(10)12(16)7(2)11(15)13(17)18/h4-6H,3H2,1-2H3,(H,17,18). The first kappa shape index (κ1) is 12.3. The molecule has 0 aliphatic heterocycles. The molecule has 0 atom stereocenters. The second-order valence-corrected chi connectivity index (χ2v) is 4.01. The molecule has 4 nitrogen and oxygen atoms in total. The van der Waals surface area contributed by atoms with Gasteiger partial charge in [-0.2, -0.15) is 0 Å². The molecule has 0 amide bonds. The first-order valence-corrected chi connectivity index (χ1v) is 5.53. The number of aryl methyl sites for hydroxylation is 1. The maximum absolute atomic E-state index is 13.2. The number of pyridine rings is 1. The van der Waals surface area contributed by atoms with E-state index in [4.69, 9.17) is 0 Å². The largest absolute Gasteiger partial charge is 0.477 e. The van der Waals surface area contributed by atoms with E-state index >= 15 is 0 Å². The van der Waals surface area contributed by atoms with Crippen molar-refractivity contribution in [3.63, 3.8) is 0 Å². The van der Waals surface area contributed by atoms with Gasteiger partial charge in [0.2, 0.25) is 0 Å². The number of aromatic nitrogens is 1. The molecule has 18 heavy (non-hydrogen) atoms. The zero-order valence-corrected chi connectivity index (χ0v) is 10.0. The number of aromatic carboxylic acids is 1. The Bertz CT molecular complexity index is 703. The van der Waals surface area contributed by atoms with Gasteiger partial charge >= 0.3 is 5.97 Å². The van der Waals surface area contributed by atoms with Crippen molar-refractivity contribution in [3.05, 3.63) is 45.5 Å².